The summed E-state index contributed by atoms with van der Waals surface area (Å²) in [6.07, 6.45) is 8.55. The average Bonchev–Trinajstić information content (AvgIpc) is 3.81. The SMILES string of the molecule is Cc1ncnc(C)c1N1c2c(C)ncnc2B2c3c1c1c4cc(C(C)(C)C)ccc4n4c5ccc(C(C)(C)C)cc5c(c3-n3c5cncnc5c5ncnc2c53)c14. The van der Waals surface area contributed by atoms with Crippen molar-refractivity contribution >= 4 is 101 Å². The molecule has 0 fully saturated rings. The number of rotatable bonds is 1. The minimum absolute atomic E-state index is 0.0721. The molecule has 0 bridgehead atoms. The minimum Gasteiger partial charge on any atom is -0.308 e. The first-order valence-electron chi connectivity index (χ1n) is 19.5. The minimum atomic E-state index is -0.344. The van der Waals surface area contributed by atoms with Gasteiger partial charge in [0.2, 0.25) is 0 Å². The van der Waals surface area contributed by atoms with Gasteiger partial charge in [-0.3, -0.25) is 0 Å². The quantitative estimate of drug-likeness (QED) is 0.161. The highest BCUT2D eigenvalue weighted by Crippen LogP contribution is 2.53. The van der Waals surface area contributed by atoms with Gasteiger partial charge >= 0.3 is 0 Å². The van der Waals surface area contributed by atoms with Gasteiger partial charge < -0.3 is 13.9 Å². The van der Waals surface area contributed by atoms with E-state index in [4.69, 9.17) is 34.9 Å². The van der Waals surface area contributed by atoms with Crippen LogP contribution in [0.3, 0.4) is 0 Å². The Kier molecular flexibility index (Phi) is 5.98. The van der Waals surface area contributed by atoms with E-state index < -0.39 is 0 Å². The fourth-order valence-electron chi connectivity index (χ4n) is 10.0. The Hall–Kier alpha value is -6.56. The van der Waals surface area contributed by atoms with Crippen molar-refractivity contribution < 1.29 is 0 Å². The molecule has 0 amide bonds. The molecule has 12 rings (SSSR count). The van der Waals surface area contributed by atoms with Gasteiger partial charge in [0.05, 0.1) is 73.6 Å². The summed E-state index contributed by atoms with van der Waals surface area (Å²) in [5.41, 5.74) is 18.7. The summed E-state index contributed by atoms with van der Waals surface area (Å²) in [5, 5.41) is 4.73. The fourth-order valence-corrected chi connectivity index (χ4v) is 10.0. The smallest absolute Gasteiger partial charge is 0.298 e. The molecule has 2 aliphatic heterocycles. The van der Waals surface area contributed by atoms with Crippen LogP contribution >= 0.6 is 0 Å². The Morgan fingerprint density at radius 1 is 0.526 bits per heavy atom. The Bertz CT molecular complexity index is 3420. The molecule has 0 aliphatic carbocycles. The van der Waals surface area contributed by atoms with Gasteiger partial charge in [0.25, 0.3) is 6.71 Å². The zero-order valence-electron chi connectivity index (χ0n) is 33.3. The maximum atomic E-state index is 5.19. The monoisotopic (exact) mass is 743 g/mol. The molecule has 3 aromatic carbocycles. The van der Waals surface area contributed by atoms with Crippen LogP contribution in [-0.2, 0) is 10.8 Å². The molecule has 0 saturated carbocycles. The Balaban J connectivity index is 1.44. The van der Waals surface area contributed by atoms with Crippen LogP contribution in [-0.4, -0.2) is 55.6 Å². The second kappa shape index (κ2) is 10.4. The van der Waals surface area contributed by atoms with E-state index in [1.807, 2.05) is 6.20 Å². The molecule has 10 aromatic rings. The second-order valence-electron chi connectivity index (χ2n) is 17.9. The largest absolute Gasteiger partial charge is 0.308 e. The van der Waals surface area contributed by atoms with Crippen molar-refractivity contribution in [3.63, 3.8) is 0 Å². The van der Waals surface area contributed by atoms with E-state index in [-0.39, 0.29) is 17.5 Å². The second-order valence-corrected chi connectivity index (χ2v) is 17.9. The Morgan fingerprint density at radius 2 is 1.09 bits per heavy atom. The predicted molar refractivity (Wildman–Crippen MR) is 229 cm³/mol. The first-order valence-corrected chi connectivity index (χ1v) is 19.5. The first-order chi connectivity index (χ1) is 27.3. The highest BCUT2D eigenvalue weighted by molar-refractivity contribution is 7.00. The lowest BCUT2D eigenvalue weighted by Crippen LogP contribution is -2.62. The van der Waals surface area contributed by atoms with Crippen LogP contribution < -0.4 is 21.5 Å². The molecule has 276 valence electrons. The molecule has 7 aromatic heterocycles. The van der Waals surface area contributed by atoms with Crippen LogP contribution in [0.5, 0.6) is 0 Å². The molecule has 2 aliphatic rings. The van der Waals surface area contributed by atoms with Crippen LogP contribution in [0.25, 0.3) is 65.8 Å². The summed E-state index contributed by atoms with van der Waals surface area (Å²) < 4.78 is 4.85. The zero-order valence-corrected chi connectivity index (χ0v) is 33.3. The van der Waals surface area contributed by atoms with Crippen LogP contribution in [0.1, 0.15) is 69.8 Å². The highest BCUT2D eigenvalue weighted by Gasteiger charge is 2.48. The Morgan fingerprint density at radius 3 is 1.74 bits per heavy atom. The van der Waals surface area contributed by atoms with Crippen LogP contribution in [0.2, 0.25) is 0 Å². The number of benzene rings is 3. The predicted octanol–water partition coefficient (Wildman–Crippen LogP) is 7.23. The summed E-state index contributed by atoms with van der Waals surface area (Å²) in [6, 6.07) is 14.1. The third kappa shape index (κ3) is 3.92. The van der Waals surface area contributed by atoms with Crippen molar-refractivity contribution in [3.05, 3.63) is 96.1 Å². The Labute approximate surface area is 328 Å². The van der Waals surface area contributed by atoms with E-state index in [0.29, 0.717) is 0 Å². The summed E-state index contributed by atoms with van der Waals surface area (Å²) in [7, 11) is 0. The molecule has 9 heterocycles. The van der Waals surface area contributed by atoms with Crippen molar-refractivity contribution in [2.75, 3.05) is 4.90 Å². The fraction of sp³-hybridized carbons (Fsp3) is 0.244. The summed E-state index contributed by atoms with van der Waals surface area (Å²) in [4.78, 5) is 41.6. The van der Waals surface area contributed by atoms with Gasteiger partial charge in [-0.2, -0.15) is 0 Å². The normalized spacial score (nSPS) is 14.0. The molecular weight excluding hydrogens is 705 g/mol. The molecule has 11 nitrogen and oxygen atoms in total. The first kappa shape index (κ1) is 32.7. The number of hydrogen-bond donors (Lipinski definition) is 0. The number of anilines is 3. The maximum Gasteiger partial charge on any atom is 0.298 e. The van der Waals surface area contributed by atoms with E-state index in [1.165, 1.54) is 32.7 Å². The van der Waals surface area contributed by atoms with Gasteiger partial charge in [-0.05, 0) is 72.5 Å². The summed E-state index contributed by atoms with van der Waals surface area (Å²) in [6.45, 7) is 19.6. The van der Waals surface area contributed by atoms with E-state index in [1.54, 1.807) is 25.3 Å². The molecule has 0 atom stereocenters. The lowest BCUT2D eigenvalue weighted by atomic mass is 9.36. The number of hydrogen-bond acceptors (Lipinski definition) is 9. The molecule has 0 N–H and O–H groups in total. The van der Waals surface area contributed by atoms with Gasteiger partial charge in [-0.25, -0.2) is 39.9 Å². The molecular formula is C45H38BN11. The average molecular weight is 744 g/mol. The number of fused-ring (bicyclic) bond motifs is 15. The van der Waals surface area contributed by atoms with Crippen molar-refractivity contribution in [2.24, 2.45) is 0 Å². The van der Waals surface area contributed by atoms with Gasteiger partial charge in [-0.1, -0.05) is 53.7 Å². The van der Waals surface area contributed by atoms with Crippen LogP contribution in [0, 0.1) is 20.8 Å². The van der Waals surface area contributed by atoms with E-state index >= 15 is 0 Å². The summed E-state index contributed by atoms with van der Waals surface area (Å²) >= 11 is 0. The molecule has 12 heteroatoms. The van der Waals surface area contributed by atoms with Gasteiger partial charge in [0, 0.05) is 32.7 Å². The standard InChI is InChI=1S/C45H38BN11/c1-21-36(22(2)49-18-48-21)57-37-23(3)50-19-53-42(37)46-33-39(56-30-16-47-17-51-34(30)35-41(56)43(46)54-20-52-35)31-26-14-24(44(4,5)6)10-12-28(26)55-29-13-11-25(45(7,8)9)15-27(29)32(38(31)55)40(33)57/h10-20H,1-9H3. The topological polar surface area (TPSA) is 116 Å². The van der Waals surface area contributed by atoms with Crippen molar-refractivity contribution in [3.8, 4) is 5.69 Å². The van der Waals surface area contributed by atoms with Gasteiger partial charge in [0.15, 0.2) is 0 Å². The number of aromatic nitrogens is 10. The number of aryl methyl sites for hydroxylation is 3. The van der Waals surface area contributed by atoms with E-state index in [9.17, 15) is 0 Å². The van der Waals surface area contributed by atoms with Crippen molar-refractivity contribution in [1.82, 2.24) is 48.8 Å². The lowest BCUT2D eigenvalue weighted by molar-refractivity contribution is 0.591. The van der Waals surface area contributed by atoms with Crippen molar-refractivity contribution in [1.29, 1.82) is 0 Å². The lowest BCUT2D eigenvalue weighted by Gasteiger charge is -2.40. The third-order valence-electron chi connectivity index (χ3n) is 12.6. The third-order valence-corrected chi connectivity index (χ3v) is 12.6. The zero-order chi connectivity index (χ0) is 39.0. The molecule has 0 radical (unpaired) electrons. The molecule has 0 saturated heterocycles. The highest BCUT2D eigenvalue weighted by atomic mass is 15.2. The maximum absolute atomic E-state index is 5.19. The number of nitrogens with zero attached hydrogens (tertiary/aromatic N) is 11. The van der Waals surface area contributed by atoms with Crippen molar-refractivity contribution in [2.45, 2.75) is 73.1 Å². The van der Waals surface area contributed by atoms with E-state index in [2.05, 4.69) is 118 Å². The molecule has 0 spiro atoms. The summed E-state index contributed by atoms with van der Waals surface area (Å²) in [5.74, 6) is 0. The van der Waals surface area contributed by atoms with Crippen LogP contribution in [0.15, 0.2) is 67.9 Å². The molecule has 57 heavy (non-hydrogen) atoms. The molecule has 0 unspecified atom stereocenters. The van der Waals surface area contributed by atoms with E-state index in [0.717, 1.165) is 95.1 Å². The van der Waals surface area contributed by atoms with Crippen LogP contribution in [0.4, 0.5) is 17.1 Å². The van der Waals surface area contributed by atoms with Gasteiger partial charge in [-0.15, -0.1) is 0 Å². The van der Waals surface area contributed by atoms with Gasteiger partial charge in [0.1, 0.15) is 36.3 Å².